The number of nitrogens with one attached hydrogen (secondary N) is 1. The summed E-state index contributed by atoms with van der Waals surface area (Å²) in [7, 11) is 0. The summed E-state index contributed by atoms with van der Waals surface area (Å²) in [6.45, 7) is 4.56. The number of benzene rings is 3. The van der Waals surface area contributed by atoms with Crippen molar-refractivity contribution in [3.8, 4) is 16.3 Å². The van der Waals surface area contributed by atoms with E-state index in [1.807, 2.05) is 66.9 Å². The van der Waals surface area contributed by atoms with Gasteiger partial charge in [0.2, 0.25) is 0 Å². The van der Waals surface area contributed by atoms with Crippen molar-refractivity contribution in [3.05, 3.63) is 99.7 Å². The minimum Gasteiger partial charge on any atom is -0.489 e. The van der Waals surface area contributed by atoms with Gasteiger partial charge in [-0.25, -0.2) is 4.98 Å². The van der Waals surface area contributed by atoms with Gasteiger partial charge in [-0.1, -0.05) is 18.2 Å². The maximum atomic E-state index is 12.7. The van der Waals surface area contributed by atoms with Crippen molar-refractivity contribution < 1.29 is 9.53 Å². The minimum atomic E-state index is -0.120. The number of rotatable bonds is 6. The van der Waals surface area contributed by atoms with Crippen molar-refractivity contribution >= 4 is 44.5 Å². The number of ether oxygens (including phenoxy) is 1. The molecule has 3 aromatic carbocycles. The molecule has 164 valence electrons. The van der Waals surface area contributed by atoms with Crippen molar-refractivity contribution in [1.82, 2.24) is 4.98 Å². The quantitative estimate of drug-likeness (QED) is 0.280. The van der Waals surface area contributed by atoms with Crippen molar-refractivity contribution in [2.75, 3.05) is 5.32 Å². The Morgan fingerprint density at radius 3 is 2.61 bits per heavy atom. The topological polar surface area (TPSA) is 51.2 Å². The fourth-order valence-electron chi connectivity index (χ4n) is 3.49. The molecule has 0 radical (unpaired) electrons. The van der Waals surface area contributed by atoms with Gasteiger partial charge in [-0.15, -0.1) is 22.7 Å². The fraction of sp³-hybridized carbons (Fsp3) is 0.111. The molecule has 0 fully saturated rings. The minimum absolute atomic E-state index is 0.120. The molecule has 33 heavy (non-hydrogen) atoms. The second-order valence-electron chi connectivity index (χ2n) is 7.95. The monoisotopic (exact) mass is 470 g/mol. The summed E-state index contributed by atoms with van der Waals surface area (Å²) in [6.07, 6.45) is 0. The molecule has 1 N–H and O–H groups in total. The summed E-state index contributed by atoms with van der Waals surface area (Å²) in [5, 5.41) is 5.92. The number of aryl methyl sites for hydroxylation is 2. The van der Waals surface area contributed by atoms with Crippen molar-refractivity contribution in [1.29, 1.82) is 0 Å². The predicted molar refractivity (Wildman–Crippen MR) is 138 cm³/mol. The highest BCUT2D eigenvalue weighted by atomic mass is 32.1. The van der Waals surface area contributed by atoms with E-state index < -0.39 is 0 Å². The third-order valence-electron chi connectivity index (χ3n) is 5.21. The van der Waals surface area contributed by atoms with Crippen LogP contribution in [0, 0.1) is 13.8 Å². The Kier molecular flexibility index (Phi) is 5.94. The lowest BCUT2D eigenvalue weighted by Crippen LogP contribution is -2.10. The van der Waals surface area contributed by atoms with Gasteiger partial charge in [-0.3, -0.25) is 4.79 Å². The molecule has 0 aliphatic rings. The van der Waals surface area contributed by atoms with E-state index in [-0.39, 0.29) is 5.91 Å². The van der Waals surface area contributed by atoms with Crippen LogP contribution < -0.4 is 10.1 Å². The number of amides is 1. The third-order valence-corrected chi connectivity index (χ3v) is 7.25. The molecule has 0 spiro atoms. The van der Waals surface area contributed by atoms with Crippen LogP contribution in [0.3, 0.4) is 0 Å². The number of fused-ring (bicyclic) bond motifs is 1. The van der Waals surface area contributed by atoms with Gasteiger partial charge in [-0.2, -0.15) is 0 Å². The maximum absolute atomic E-state index is 12.7. The van der Waals surface area contributed by atoms with E-state index in [0.717, 1.165) is 38.7 Å². The van der Waals surface area contributed by atoms with Gasteiger partial charge >= 0.3 is 0 Å². The number of thiophene rings is 1. The van der Waals surface area contributed by atoms with E-state index in [0.29, 0.717) is 11.5 Å². The molecule has 2 heterocycles. The van der Waals surface area contributed by atoms with Crippen molar-refractivity contribution in [3.63, 3.8) is 0 Å². The highest BCUT2D eigenvalue weighted by Crippen LogP contribution is 2.31. The van der Waals surface area contributed by atoms with Crippen LogP contribution in [-0.4, -0.2) is 10.9 Å². The summed E-state index contributed by atoms with van der Waals surface area (Å²) in [4.78, 5) is 18.1. The lowest BCUT2D eigenvalue weighted by Gasteiger charge is -2.05. The maximum Gasteiger partial charge on any atom is 0.265 e. The number of thiazole rings is 1. The average molecular weight is 471 g/mol. The number of carbonyl (C=O) groups excluding carboxylic acids is 1. The van der Waals surface area contributed by atoms with E-state index in [4.69, 9.17) is 9.72 Å². The Labute approximate surface area is 200 Å². The van der Waals surface area contributed by atoms with Crippen LogP contribution in [0.2, 0.25) is 0 Å². The number of anilines is 1. The summed E-state index contributed by atoms with van der Waals surface area (Å²) in [6, 6.07) is 23.9. The van der Waals surface area contributed by atoms with Gasteiger partial charge in [0.05, 0.1) is 15.1 Å². The molecule has 0 aliphatic carbocycles. The van der Waals surface area contributed by atoms with Crippen LogP contribution in [0.1, 0.15) is 26.4 Å². The van der Waals surface area contributed by atoms with E-state index in [9.17, 15) is 4.79 Å². The standard InChI is InChI=1S/C27H22N2O2S2/c1-17-4-3-5-22(12-17)31-15-19-14-25(32-16-19)26(30)28-21-9-7-20(8-10-21)27-29-23-11-6-18(2)13-24(23)33-27/h3-14,16H,15H2,1-2H3,(H,28,30). The van der Waals surface area contributed by atoms with Crippen LogP contribution in [0.15, 0.2) is 78.2 Å². The molecule has 2 aromatic heterocycles. The van der Waals surface area contributed by atoms with Gasteiger partial charge in [0, 0.05) is 16.8 Å². The second-order valence-corrected chi connectivity index (χ2v) is 9.89. The highest BCUT2D eigenvalue weighted by Gasteiger charge is 2.11. The number of aromatic nitrogens is 1. The van der Waals surface area contributed by atoms with Crippen LogP contribution in [-0.2, 0) is 6.61 Å². The molecule has 0 aliphatic heterocycles. The normalized spacial score (nSPS) is 11.0. The number of nitrogens with zero attached hydrogens (tertiary/aromatic N) is 1. The lowest BCUT2D eigenvalue weighted by atomic mass is 10.2. The Morgan fingerprint density at radius 2 is 1.79 bits per heavy atom. The SMILES string of the molecule is Cc1cccc(OCc2csc(C(=O)Nc3ccc(-c4nc5ccc(C)cc5s4)cc3)c2)c1. The molecule has 0 saturated carbocycles. The Morgan fingerprint density at radius 1 is 0.970 bits per heavy atom. The molecule has 4 nitrogen and oxygen atoms in total. The zero-order valence-corrected chi connectivity index (χ0v) is 19.9. The van der Waals surface area contributed by atoms with E-state index in [1.165, 1.54) is 21.6 Å². The van der Waals surface area contributed by atoms with Gasteiger partial charge in [0.25, 0.3) is 5.91 Å². The zero-order chi connectivity index (χ0) is 22.8. The Bertz CT molecular complexity index is 1430. The molecule has 0 bridgehead atoms. The Balaban J connectivity index is 1.22. The van der Waals surface area contributed by atoms with Crippen LogP contribution >= 0.6 is 22.7 Å². The van der Waals surface area contributed by atoms with Crippen molar-refractivity contribution in [2.45, 2.75) is 20.5 Å². The first kappa shape index (κ1) is 21.4. The van der Waals surface area contributed by atoms with Crippen molar-refractivity contribution in [2.24, 2.45) is 0 Å². The molecule has 5 rings (SSSR count). The molecule has 1 amide bonds. The average Bonchev–Trinajstić information content (AvgIpc) is 3.45. The van der Waals surface area contributed by atoms with E-state index >= 15 is 0 Å². The van der Waals surface area contributed by atoms with Gasteiger partial charge in [0.15, 0.2) is 0 Å². The van der Waals surface area contributed by atoms with Crippen LogP contribution in [0.25, 0.3) is 20.8 Å². The van der Waals surface area contributed by atoms with E-state index in [2.05, 4.69) is 30.4 Å². The first-order chi connectivity index (χ1) is 16.0. The second kappa shape index (κ2) is 9.17. The van der Waals surface area contributed by atoms with Gasteiger partial charge in [0.1, 0.15) is 17.4 Å². The molecular formula is C27H22N2O2S2. The first-order valence-corrected chi connectivity index (χ1v) is 12.3. The number of hydrogen-bond acceptors (Lipinski definition) is 5. The number of hydrogen-bond donors (Lipinski definition) is 1. The fourth-order valence-corrected chi connectivity index (χ4v) is 5.35. The summed E-state index contributed by atoms with van der Waals surface area (Å²) < 4.78 is 7.02. The summed E-state index contributed by atoms with van der Waals surface area (Å²) in [5.41, 5.74) is 6.17. The third kappa shape index (κ3) is 4.97. The van der Waals surface area contributed by atoms with Crippen LogP contribution in [0.5, 0.6) is 5.75 Å². The molecule has 5 aromatic rings. The molecule has 6 heteroatoms. The molecule has 0 atom stereocenters. The predicted octanol–water partition coefficient (Wildman–Crippen LogP) is 7.47. The number of carbonyl (C=O) groups is 1. The van der Waals surface area contributed by atoms with E-state index in [1.54, 1.807) is 11.3 Å². The summed E-state index contributed by atoms with van der Waals surface area (Å²) >= 11 is 3.10. The zero-order valence-electron chi connectivity index (χ0n) is 18.3. The molecule has 0 unspecified atom stereocenters. The lowest BCUT2D eigenvalue weighted by molar-refractivity contribution is 0.103. The molecular weight excluding hydrogens is 448 g/mol. The Hall–Kier alpha value is -3.48. The highest BCUT2D eigenvalue weighted by molar-refractivity contribution is 7.21. The van der Waals surface area contributed by atoms with Gasteiger partial charge < -0.3 is 10.1 Å². The molecule has 0 saturated heterocycles. The first-order valence-electron chi connectivity index (χ1n) is 10.6. The largest absolute Gasteiger partial charge is 0.489 e. The smallest absolute Gasteiger partial charge is 0.265 e. The van der Waals surface area contributed by atoms with Crippen LogP contribution in [0.4, 0.5) is 5.69 Å². The van der Waals surface area contributed by atoms with Gasteiger partial charge in [-0.05, 0) is 85.0 Å². The summed E-state index contributed by atoms with van der Waals surface area (Å²) in [5.74, 6) is 0.709.